The summed E-state index contributed by atoms with van der Waals surface area (Å²) in [5, 5.41) is 8.41. The van der Waals surface area contributed by atoms with Crippen molar-refractivity contribution in [1.29, 1.82) is 0 Å². The lowest BCUT2D eigenvalue weighted by atomic mass is 10.2. The van der Waals surface area contributed by atoms with E-state index >= 15 is 0 Å². The number of aryl methyl sites for hydroxylation is 1. The number of hydrogen-bond acceptors (Lipinski definition) is 6. The average molecular weight is 297 g/mol. The van der Waals surface area contributed by atoms with Gasteiger partial charge in [-0.1, -0.05) is 16.7 Å². The number of rotatable bonds is 6. The van der Waals surface area contributed by atoms with Gasteiger partial charge in [-0.05, 0) is 30.7 Å². The standard InChI is InChI=1S/C13H17ClN4O2/c1-9-7-10(14)3-4-11(9)19-6-5-18(2)13-17-16-12(8-15)20-13/h3-4,7H,5-6,8,15H2,1-2H3. The van der Waals surface area contributed by atoms with Crippen molar-refractivity contribution in [2.24, 2.45) is 5.73 Å². The van der Waals surface area contributed by atoms with Crippen molar-refractivity contribution < 1.29 is 9.15 Å². The van der Waals surface area contributed by atoms with Crippen molar-refractivity contribution in [2.45, 2.75) is 13.5 Å². The molecule has 0 aliphatic carbocycles. The van der Waals surface area contributed by atoms with E-state index < -0.39 is 0 Å². The Kier molecular flexibility index (Phi) is 4.81. The van der Waals surface area contributed by atoms with E-state index in [1.165, 1.54) is 0 Å². The maximum Gasteiger partial charge on any atom is 0.318 e. The van der Waals surface area contributed by atoms with Gasteiger partial charge in [-0.3, -0.25) is 0 Å². The van der Waals surface area contributed by atoms with Crippen LogP contribution in [-0.4, -0.2) is 30.4 Å². The van der Waals surface area contributed by atoms with Crippen LogP contribution in [0.4, 0.5) is 6.01 Å². The number of anilines is 1. The van der Waals surface area contributed by atoms with Crippen LogP contribution in [0.2, 0.25) is 5.02 Å². The highest BCUT2D eigenvalue weighted by molar-refractivity contribution is 6.30. The molecule has 2 N–H and O–H groups in total. The summed E-state index contributed by atoms with van der Waals surface area (Å²) < 4.78 is 11.0. The van der Waals surface area contributed by atoms with Gasteiger partial charge in [0.15, 0.2) is 0 Å². The molecule has 0 aliphatic rings. The normalized spacial score (nSPS) is 10.6. The van der Waals surface area contributed by atoms with Crippen LogP contribution < -0.4 is 15.4 Å². The van der Waals surface area contributed by atoms with Gasteiger partial charge in [-0.15, -0.1) is 5.10 Å². The molecule has 6 nitrogen and oxygen atoms in total. The van der Waals surface area contributed by atoms with Crippen molar-refractivity contribution in [3.63, 3.8) is 0 Å². The van der Waals surface area contributed by atoms with E-state index in [9.17, 15) is 0 Å². The molecule has 0 fully saturated rings. The number of benzene rings is 1. The molecule has 1 heterocycles. The summed E-state index contributed by atoms with van der Waals surface area (Å²) in [7, 11) is 1.85. The predicted molar refractivity (Wildman–Crippen MR) is 77.1 cm³/mol. The summed E-state index contributed by atoms with van der Waals surface area (Å²) in [6.07, 6.45) is 0. The summed E-state index contributed by atoms with van der Waals surface area (Å²) in [5.74, 6) is 1.23. The molecule has 0 unspecified atom stereocenters. The summed E-state index contributed by atoms with van der Waals surface area (Å²) >= 11 is 5.90. The van der Waals surface area contributed by atoms with E-state index in [1.807, 2.05) is 31.0 Å². The van der Waals surface area contributed by atoms with Gasteiger partial charge >= 0.3 is 6.01 Å². The zero-order valence-corrected chi connectivity index (χ0v) is 12.2. The zero-order chi connectivity index (χ0) is 14.5. The number of likely N-dealkylation sites (N-methyl/N-ethyl adjacent to an activating group) is 1. The molecule has 7 heteroatoms. The third-order valence-electron chi connectivity index (χ3n) is 2.78. The number of halogens is 1. The molecule has 2 rings (SSSR count). The highest BCUT2D eigenvalue weighted by atomic mass is 35.5. The second-order valence-corrected chi connectivity index (χ2v) is 4.80. The molecular formula is C13H17ClN4O2. The first-order chi connectivity index (χ1) is 9.60. The summed E-state index contributed by atoms with van der Waals surface area (Å²) in [4.78, 5) is 1.82. The quantitative estimate of drug-likeness (QED) is 0.878. The first kappa shape index (κ1) is 14.6. The molecule has 0 bridgehead atoms. The number of aromatic nitrogens is 2. The van der Waals surface area contributed by atoms with Crippen LogP contribution in [0, 0.1) is 6.92 Å². The van der Waals surface area contributed by atoms with Gasteiger partial charge < -0.3 is 19.8 Å². The monoisotopic (exact) mass is 296 g/mol. The number of hydrogen-bond donors (Lipinski definition) is 1. The van der Waals surface area contributed by atoms with Gasteiger partial charge in [0.2, 0.25) is 5.89 Å². The molecule has 0 saturated carbocycles. The minimum absolute atomic E-state index is 0.237. The van der Waals surface area contributed by atoms with E-state index in [2.05, 4.69) is 10.2 Å². The lowest BCUT2D eigenvalue weighted by Crippen LogP contribution is -2.24. The molecule has 1 aromatic heterocycles. The Morgan fingerprint density at radius 3 is 2.85 bits per heavy atom. The van der Waals surface area contributed by atoms with Crippen LogP contribution in [0.25, 0.3) is 0 Å². The van der Waals surface area contributed by atoms with Gasteiger partial charge in [0.25, 0.3) is 0 Å². The predicted octanol–water partition coefficient (Wildman–Crippen LogP) is 2.01. The molecule has 0 amide bonds. The maximum atomic E-state index is 5.90. The molecule has 0 radical (unpaired) electrons. The van der Waals surface area contributed by atoms with Crippen molar-refractivity contribution in [1.82, 2.24) is 10.2 Å². The molecule has 0 atom stereocenters. The van der Waals surface area contributed by atoms with Gasteiger partial charge in [0, 0.05) is 12.1 Å². The lowest BCUT2D eigenvalue weighted by molar-refractivity contribution is 0.320. The second kappa shape index (κ2) is 6.58. The average Bonchev–Trinajstić information content (AvgIpc) is 2.90. The summed E-state index contributed by atoms with van der Waals surface area (Å²) in [6.45, 7) is 3.31. The van der Waals surface area contributed by atoms with E-state index in [1.54, 1.807) is 6.07 Å². The Labute approximate surface area is 122 Å². The maximum absolute atomic E-state index is 5.90. The van der Waals surface area contributed by atoms with Crippen LogP contribution >= 0.6 is 11.6 Å². The van der Waals surface area contributed by atoms with Gasteiger partial charge in [0.05, 0.1) is 13.1 Å². The first-order valence-electron chi connectivity index (χ1n) is 6.22. The van der Waals surface area contributed by atoms with Crippen LogP contribution in [0.3, 0.4) is 0 Å². The van der Waals surface area contributed by atoms with Gasteiger partial charge in [-0.2, -0.15) is 0 Å². The Hall–Kier alpha value is -1.79. The van der Waals surface area contributed by atoms with E-state index in [0.717, 1.165) is 11.3 Å². The Bertz CT molecular complexity index is 573. The summed E-state index contributed by atoms with van der Waals surface area (Å²) in [6, 6.07) is 5.96. The second-order valence-electron chi connectivity index (χ2n) is 4.36. The van der Waals surface area contributed by atoms with E-state index in [0.29, 0.717) is 30.1 Å². The van der Waals surface area contributed by atoms with Crippen molar-refractivity contribution >= 4 is 17.6 Å². The fourth-order valence-electron chi connectivity index (χ4n) is 1.64. The fourth-order valence-corrected chi connectivity index (χ4v) is 1.87. The molecule has 0 spiro atoms. The minimum Gasteiger partial charge on any atom is -0.491 e. The number of ether oxygens (including phenoxy) is 1. The number of nitrogens with zero attached hydrogens (tertiary/aromatic N) is 3. The van der Waals surface area contributed by atoms with Crippen molar-refractivity contribution in [2.75, 3.05) is 25.1 Å². The summed E-state index contributed by atoms with van der Waals surface area (Å²) in [5.41, 5.74) is 6.42. The molecule has 108 valence electrons. The highest BCUT2D eigenvalue weighted by Gasteiger charge is 2.10. The van der Waals surface area contributed by atoms with Crippen LogP contribution in [-0.2, 0) is 6.54 Å². The molecule has 0 aliphatic heterocycles. The molecule has 20 heavy (non-hydrogen) atoms. The molecule has 2 aromatic rings. The molecule has 1 aromatic carbocycles. The van der Waals surface area contributed by atoms with E-state index in [-0.39, 0.29) is 6.54 Å². The smallest absolute Gasteiger partial charge is 0.318 e. The van der Waals surface area contributed by atoms with Gasteiger partial charge in [-0.25, -0.2) is 0 Å². The first-order valence-corrected chi connectivity index (χ1v) is 6.60. The Morgan fingerprint density at radius 1 is 1.40 bits per heavy atom. The van der Waals surface area contributed by atoms with Crippen molar-refractivity contribution in [3.8, 4) is 5.75 Å². The molecule has 0 saturated heterocycles. The Morgan fingerprint density at radius 2 is 2.20 bits per heavy atom. The topological polar surface area (TPSA) is 77.4 Å². The van der Waals surface area contributed by atoms with Crippen LogP contribution in [0.15, 0.2) is 22.6 Å². The highest BCUT2D eigenvalue weighted by Crippen LogP contribution is 2.21. The van der Waals surface area contributed by atoms with Crippen LogP contribution in [0.1, 0.15) is 11.5 Å². The number of nitrogens with two attached hydrogens (primary N) is 1. The van der Waals surface area contributed by atoms with E-state index in [4.69, 9.17) is 26.5 Å². The molecular weight excluding hydrogens is 280 g/mol. The Balaban J connectivity index is 1.86. The lowest BCUT2D eigenvalue weighted by Gasteiger charge is -2.15. The third-order valence-corrected chi connectivity index (χ3v) is 3.01. The third kappa shape index (κ3) is 3.61. The largest absolute Gasteiger partial charge is 0.491 e. The SMILES string of the molecule is Cc1cc(Cl)ccc1OCCN(C)c1nnc(CN)o1. The van der Waals surface area contributed by atoms with Crippen molar-refractivity contribution in [3.05, 3.63) is 34.7 Å². The minimum atomic E-state index is 0.237. The van der Waals surface area contributed by atoms with Gasteiger partial charge in [0.1, 0.15) is 12.4 Å². The zero-order valence-electron chi connectivity index (χ0n) is 11.5. The van der Waals surface area contributed by atoms with Crippen LogP contribution in [0.5, 0.6) is 5.75 Å². The fraction of sp³-hybridized carbons (Fsp3) is 0.385.